The molecule has 2 aromatic carbocycles. The van der Waals surface area contributed by atoms with Gasteiger partial charge in [-0.1, -0.05) is 48.9 Å². The van der Waals surface area contributed by atoms with Crippen molar-refractivity contribution in [1.29, 1.82) is 0 Å². The van der Waals surface area contributed by atoms with E-state index in [2.05, 4.69) is 41.3 Å². The molecule has 2 aromatic rings. The zero-order chi connectivity index (χ0) is 16.4. The summed E-state index contributed by atoms with van der Waals surface area (Å²) >= 11 is 0. The van der Waals surface area contributed by atoms with Crippen LogP contribution in [0.5, 0.6) is 5.75 Å². The minimum absolute atomic E-state index is 0.297. The third kappa shape index (κ3) is 3.08. The van der Waals surface area contributed by atoms with E-state index in [-0.39, 0.29) is 0 Å². The normalized spacial score (nSPS) is 27.1. The van der Waals surface area contributed by atoms with Crippen LogP contribution in [0.15, 0.2) is 54.6 Å². The molecular weight excluding hydrogens is 294 g/mol. The van der Waals surface area contributed by atoms with E-state index in [1.807, 2.05) is 12.1 Å². The second-order valence-corrected chi connectivity index (χ2v) is 7.60. The van der Waals surface area contributed by atoms with Gasteiger partial charge in [-0.25, -0.2) is 0 Å². The number of fused-ring (bicyclic) bond motifs is 2. The van der Waals surface area contributed by atoms with Gasteiger partial charge in [-0.2, -0.15) is 0 Å². The molecule has 1 aliphatic heterocycles. The third-order valence-electron chi connectivity index (χ3n) is 6.20. The fraction of sp³-hybridized carbons (Fsp3) is 0.455. The van der Waals surface area contributed by atoms with Crippen molar-refractivity contribution in [3.8, 4) is 5.75 Å². The highest BCUT2D eigenvalue weighted by Crippen LogP contribution is 2.47. The Morgan fingerprint density at radius 1 is 1.04 bits per heavy atom. The molecule has 2 bridgehead atoms. The highest BCUT2D eigenvalue weighted by Gasteiger charge is 2.43. The van der Waals surface area contributed by atoms with E-state index in [1.165, 1.54) is 56.3 Å². The van der Waals surface area contributed by atoms with Crippen LogP contribution in [0.4, 0.5) is 0 Å². The number of piperidine rings is 1. The van der Waals surface area contributed by atoms with Crippen molar-refractivity contribution in [3.05, 3.63) is 65.7 Å². The van der Waals surface area contributed by atoms with Crippen LogP contribution in [0.3, 0.4) is 0 Å². The number of phenolic OH excluding ortho intramolecular Hbond substituents is 1. The molecule has 0 unspecified atom stereocenters. The molecule has 1 saturated heterocycles. The zero-order valence-corrected chi connectivity index (χ0v) is 14.3. The molecule has 0 radical (unpaired) electrons. The molecule has 0 spiro atoms. The van der Waals surface area contributed by atoms with E-state index in [1.54, 1.807) is 6.07 Å². The van der Waals surface area contributed by atoms with Crippen molar-refractivity contribution in [2.75, 3.05) is 13.1 Å². The van der Waals surface area contributed by atoms with Crippen LogP contribution < -0.4 is 0 Å². The number of hydrogen-bond donors (Lipinski definition) is 1. The summed E-state index contributed by atoms with van der Waals surface area (Å²) in [5.74, 6) is 0.413. The minimum atomic E-state index is 0.297. The maximum Gasteiger partial charge on any atom is 0.115 e. The van der Waals surface area contributed by atoms with Gasteiger partial charge in [0, 0.05) is 12.6 Å². The molecule has 0 aromatic heterocycles. The summed E-state index contributed by atoms with van der Waals surface area (Å²) < 4.78 is 0. The van der Waals surface area contributed by atoms with Crippen LogP contribution in [0, 0.1) is 0 Å². The molecular formula is C22H27NO. The largest absolute Gasteiger partial charge is 0.508 e. The number of rotatable bonds is 4. The van der Waals surface area contributed by atoms with E-state index in [0.29, 0.717) is 17.2 Å². The van der Waals surface area contributed by atoms with E-state index in [4.69, 9.17) is 0 Å². The van der Waals surface area contributed by atoms with Crippen LogP contribution in [-0.2, 0) is 11.8 Å². The maximum absolute atomic E-state index is 9.89. The summed E-state index contributed by atoms with van der Waals surface area (Å²) in [6, 6.07) is 19.6. The Kier molecular flexibility index (Phi) is 4.32. The van der Waals surface area contributed by atoms with Gasteiger partial charge in [-0.05, 0) is 67.3 Å². The van der Waals surface area contributed by atoms with Gasteiger partial charge >= 0.3 is 0 Å². The monoisotopic (exact) mass is 321 g/mol. The Hall–Kier alpha value is -1.80. The lowest BCUT2D eigenvalue weighted by Gasteiger charge is -2.51. The lowest BCUT2D eigenvalue weighted by atomic mass is 9.63. The van der Waals surface area contributed by atoms with Gasteiger partial charge in [-0.15, -0.1) is 0 Å². The van der Waals surface area contributed by atoms with Crippen molar-refractivity contribution in [2.45, 2.75) is 50.0 Å². The Balaban J connectivity index is 1.46. The van der Waals surface area contributed by atoms with E-state index >= 15 is 0 Å². The fourth-order valence-electron chi connectivity index (χ4n) is 4.86. The highest BCUT2D eigenvalue weighted by atomic mass is 16.3. The number of benzene rings is 2. The zero-order valence-electron chi connectivity index (χ0n) is 14.3. The minimum Gasteiger partial charge on any atom is -0.508 e. The summed E-state index contributed by atoms with van der Waals surface area (Å²) in [4.78, 5) is 2.72. The molecule has 24 heavy (non-hydrogen) atoms. The quantitative estimate of drug-likeness (QED) is 0.895. The van der Waals surface area contributed by atoms with Crippen LogP contribution in [0.1, 0.15) is 43.2 Å². The van der Waals surface area contributed by atoms with Crippen molar-refractivity contribution in [3.63, 3.8) is 0 Å². The van der Waals surface area contributed by atoms with Gasteiger partial charge < -0.3 is 5.11 Å². The van der Waals surface area contributed by atoms with Gasteiger partial charge in [0.15, 0.2) is 0 Å². The molecule has 1 heterocycles. The van der Waals surface area contributed by atoms with Gasteiger partial charge in [0.25, 0.3) is 0 Å². The first-order valence-corrected chi connectivity index (χ1v) is 9.33. The molecule has 1 aliphatic carbocycles. The van der Waals surface area contributed by atoms with Crippen molar-refractivity contribution in [1.82, 2.24) is 4.90 Å². The predicted octanol–water partition coefficient (Wildman–Crippen LogP) is 4.52. The van der Waals surface area contributed by atoms with Gasteiger partial charge in [0.1, 0.15) is 5.75 Å². The first-order valence-electron chi connectivity index (χ1n) is 9.33. The molecule has 126 valence electrons. The number of aromatic hydroxyl groups is 1. The second-order valence-electron chi connectivity index (χ2n) is 7.60. The Labute approximate surface area is 145 Å². The Bertz CT molecular complexity index is 683. The molecule has 1 saturated carbocycles. The standard InChI is InChI=1S/C22H27NO/c24-21-10-4-8-19(16-21)22-12-5-9-20(17-22)23(15-13-22)14-11-18-6-2-1-3-7-18/h1-4,6-8,10,16,20,24H,5,9,11-15,17H2/t20-,22+/m0/s1. The molecule has 2 heteroatoms. The topological polar surface area (TPSA) is 23.5 Å². The lowest BCUT2D eigenvalue weighted by Crippen LogP contribution is -2.52. The summed E-state index contributed by atoms with van der Waals surface area (Å²) in [5, 5.41) is 9.89. The number of likely N-dealkylation sites (tertiary alicyclic amines) is 1. The van der Waals surface area contributed by atoms with E-state index in [0.717, 1.165) is 6.42 Å². The third-order valence-corrected chi connectivity index (χ3v) is 6.20. The summed E-state index contributed by atoms with van der Waals surface area (Å²) in [6.45, 7) is 2.36. The molecule has 4 rings (SSSR count). The molecule has 0 amide bonds. The SMILES string of the molecule is Oc1cccc([C@@]23CCC[C@@H](C2)N(CCc2ccccc2)CC3)c1. The number of phenols is 1. The lowest BCUT2D eigenvalue weighted by molar-refractivity contribution is 0.0524. The Morgan fingerprint density at radius 3 is 2.75 bits per heavy atom. The van der Waals surface area contributed by atoms with Crippen molar-refractivity contribution >= 4 is 0 Å². The van der Waals surface area contributed by atoms with Gasteiger partial charge in [0.05, 0.1) is 0 Å². The highest BCUT2D eigenvalue weighted by molar-refractivity contribution is 5.34. The van der Waals surface area contributed by atoms with Crippen molar-refractivity contribution in [2.24, 2.45) is 0 Å². The molecule has 2 fully saturated rings. The van der Waals surface area contributed by atoms with Crippen LogP contribution in [0.25, 0.3) is 0 Å². The van der Waals surface area contributed by atoms with Crippen molar-refractivity contribution < 1.29 is 5.11 Å². The molecule has 2 aliphatic rings. The number of hydrogen-bond acceptors (Lipinski definition) is 2. The van der Waals surface area contributed by atoms with E-state index in [9.17, 15) is 5.11 Å². The number of nitrogens with zero attached hydrogens (tertiary/aromatic N) is 1. The van der Waals surface area contributed by atoms with Crippen LogP contribution in [-0.4, -0.2) is 29.1 Å². The first-order chi connectivity index (χ1) is 11.8. The van der Waals surface area contributed by atoms with E-state index < -0.39 is 0 Å². The molecule has 2 nitrogen and oxygen atoms in total. The average molecular weight is 321 g/mol. The predicted molar refractivity (Wildman–Crippen MR) is 98.4 cm³/mol. The first kappa shape index (κ1) is 15.7. The molecule has 1 N–H and O–H groups in total. The average Bonchev–Trinajstić information content (AvgIpc) is 2.62. The maximum atomic E-state index is 9.89. The van der Waals surface area contributed by atoms with Gasteiger partial charge in [0.2, 0.25) is 0 Å². The smallest absolute Gasteiger partial charge is 0.115 e. The van der Waals surface area contributed by atoms with Crippen LogP contribution >= 0.6 is 0 Å². The van der Waals surface area contributed by atoms with Crippen LogP contribution in [0.2, 0.25) is 0 Å². The summed E-state index contributed by atoms with van der Waals surface area (Å²) in [5.41, 5.74) is 3.10. The van der Waals surface area contributed by atoms with Gasteiger partial charge in [-0.3, -0.25) is 4.90 Å². The Morgan fingerprint density at radius 2 is 1.92 bits per heavy atom. The fourth-order valence-corrected chi connectivity index (χ4v) is 4.86. The second kappa shape index (κ2) is 6.60. The summed E-state index contributed by atoms with van der Waals surface area (Å²) in [7, 11) is 0. The molecule has 2 atom stereocenters. The summed E-state index contributed by atoms with van der Waals surface area (Å²) in [6.07, 6.45) is 7.54.